The van der Waals surface area contributed by atoms with Gasteiger partial charge in [0.2, 0.25) is 11.8 Å². The number of unbranched alkanes of at least 4 members (excludes halogenated alkanes) is 1. The summed E-state index contributed by atoms with van der Waals surface area (Å²) >= 11 is 0. The van der Waals surface area contributed by atoms with Gasteiger partial charge in [-0.25, -0.2) is 0 Å². The molecule has 0 radical (unpaired) electrons. The van der Waals surface area contributed by atoms with Crippen LogP contribution in [0.3, 0.4) is 0 Å². The Hall–Kier alpha value is -1.85. The Morgan fingerprint density at radius 3 is 2.85 bits per heavy atom. The van der Waals surface area contributed by atoms with Gasteiger partial charge in [0.1, 0.15) is 6.26 Å². The topological polar surface area (TPSA) is 75.4 Å². The molecule has 0 aliphatic heterocycles. The Morgan fingerprint density at radius 2 is 2.30 bits per heavy atom. The number of nitrogens with one attached hydrogen (secondary N) is 1. The fourth-order valence-electron chi connectivity index (χ4n) is 2.16. The highest BCUT2D eigenvalue weighted by atomic mass is 16.5. The Morgan fingerprint density at radius 1 is 1.50 bits per heavy atom. The number of hydrogen-bond donors (Lipinski definition) is 1. The van der Waals surface area contributed by atoms with Gasteiger partial charge >= 0.3 is 0 Å². The largest absolute Gasteiger partial charge is 0.363 e. The fraction of sp³-hybridized carbons (Fsp3) is 0.643. The van der Waals surface area contributed by atoms with E-state index in [9.17, 15) is 9.59 Å². The molecular weight excluding hydrogens is 258 g/mol. The summed E-state index contributed by atoms with van der Waals surface area (Å²) < 4.78 is 4.65. The van der Waals surface area contributed by atoms with Gasteiger partial charge < -0.3 is 14.7 Å². The summed E-state index contributed by atoms with van der Waals surface area (Å²) in [6, 6.07) is 1.57. The third-order valence-electron chi connectivity index (χ3n) is 3.59. The molecule has 1 N–H and O–H groups in total. The number of aromatic nitrogens is 1. The molecule has 1 fully saturated rings. The summed E-state index contributed by atoms with van der Waals surface area (Å²) in [4.78, 5) is 25.9. The second-order valence-electron chi connectivity index (χ2n) is 5.17. The van der Waals surface area contributed by atoms with Crippen LogP contribution in [0.4, 0.5) is 5.82 Å². The molecule has 0 bridgehead atoms. The number of carbonyl (C=O) groups is 2. The van der Waals surface area contributed by atoms with Crippen molar-refractivity contribution >= 4 is 17.6 Å². The minimum atomic E-state index is -0.234. The van der Waals surface area contributed by atoms with E-state index in [1.54, 1.807) is 11.0 Å². The van der Waals surface area contributed by atoms with Crippen molar-refractivity contribution in [1.82, 2.24) is 10.1 Å². The maximum atomic E-state index is 12.3. The Balaban J connectivity index is 1.88. The van der Waals surface area contributed by atoms with Crippen molar-refractivity contribution in [2.24, 2.45) is 5.92 Å². The third kappa shape index (κ3) is 3.82. The Labute approximate surface area is 118 Å². The van der Waals surface area contributed by atoms with Crippen molar-refractivity contribution in [3.05, 3.63) is 12.3 Å². The summed E-state index contributed by atoms with van der Waals surface area (Å²) in [7, 11) is 0. The van der Waals surface area contributed by atoms with E-state index in [1.807, 2.05) is 0 Å². The maximum Gasteiger partial charge on any atom is 0.245 e. The predicted molar refractivity (Wildman–Crippen MR) is 74.0 cm³/mol. The van der Waals surface area contributed by atoms with Gasteiger partial charge in [-0.2, -0.15) is 0 Å². The molecule has 2 amide bonds. The monoisotopic (exact) mass is 279 g/mol. The molecule has 6 nitrogen and oxygen atoms in total. The van der Waals surface area contributed by atoms with E-state index in [2.05, 4.69) is 21.9 Å². The molecule has 6 heteroatoms. The molecule has 0 atom stereocenters. The molecule has 110 valence electrons. The van der Waals surface area contributed by atoms with E-state index in [0.29, 0.717) is 12.4 Å². The van der Waals surface area contributed by atoms with Gasteiger partial charge in [0, 0.05) is 18.5 Å². The molecule has 1 aliphatic carbocycles. The maximum absolute atomic E-state index is 12.3. The van der Waals surface area contributed by atoms with E-state index in [-0.39, 0.29) is 24.3 Å². The lowest BCUT2D eigenvalue weighted by Crippen LogP contribution is -2.43. The number of carbonyl (C=O) groups excluding carboxylic acids is 2. The van der Waals surface area contributed by atoms with Crippen LogP contribution in [0.25, 0.3) is 0 Å². The Kier molecular flexibility index (Phi) is 5.15. The second-order valence-corrected chi connectivity index (χ2v) is 5.17. The van der Waals surface area contributed by atoms with E-state index < -0.39 is 0 Å². The zero-order valence-electron chi connectivity index (χ0n) is 11.8. The quantitative estimate of drug-likeness (QED) is 0.828. The lowest BCUT2D eigenvalue weighted by atomic mass is 9.84. The molecule has 20 heavy (non-hydrogen) atoms. The summed E-state index contributed by atoms with van der Waals surface area (Å²) in [5.41, 5.74) is 0. The first-order valence-corrected chi connectivity index (χ1v) is 7.19. The fourth-order valence-corrected chi connectivity index (χ4v) is 2.16. The van der Waals surface area contributed by atoms with Crippen molar-refractivity contribution in [2.75, 3.05) is 18.4 Å². The van der Waals surface area contributed by atoms with Gasteiger partial charge in [0.05, 0.1) is 6.54 Å². The van der Waals surface area contributed by atoms with Crippen LogP contribution in [0, 0.1) is 5.92 Å². The molecule has 1 aromatic heterocycles. The zero-order chi connectivity index (χ0) is 14.4. The van der Waals surface area contributed by atoms with Crippen LogP contribution in [0.2, 0.25) is 0 Å². The first kappa shape index (κ1) is 14.6. The molecule has 0 spiro atoms. The van der Waals surface area contributed by atoms with Crippen LogP contribution in [0.15, 0.2) is 16.9 Å². The van der Waals surface area contributed by atoms with Gasteiger partial charge in [0.15, 0.2) is 5.82 Å². The molecule has 0 aromatic carbocycles. The number of nitrogens with zero attached hydrogens (tertiary/aromatic N) is 2. The first-order chi connectivity index (χ1) is 9.70. The van der Waals surface area contributed by atoms with Gasteiger partial charge in [-0.05, 0) is 19.3 Å². The van der Waals surface area contributed by atoms with Crippen LogP contribution in [-0.4, -0.2) is 35.0 Å². The lowest BCUT2D eigenvalue weighted by Gasteiger charge is -2.31. The van der Waals surface area contributed by atoms with E-state index in [1.165, 1.54) is 6.26 Å². The van der Waals surface area contributed by atoms with Crippen LogP contribution in [0.1, 0.15) is 39.0 Å². The number of anilines is 1. The SMILES string of the molecule is CCCCN(CC(=O)Nc1ccon1)C(=O)C1CCC1. The molecule has 0 unspecified atom stereocenters. The smallest absolute Gasteiger partial charge is 0.245 e. The first-order valence-electron chi connectivity index (χ1n) is 7.19. The van der Waals surface area contributed by atoms with Crippen LogP contribution in [0.5, 0.6) is 0 Å². The van der Waals surface area contributed by atoms with Crippen molar-refractivity contribution in [2.45, 2.75) is 39.0 Å². The molecular formula is C14H21N3O3. The van der Waals surface area contributed by atoms with E-state index in [0.717, 1.165) is 32.1 Å². The molecule has 1 saturated carbocycles. The summed E-state index contributed by atoms with van der Waals surface area (Å²) in [5, 5.41) is 6.24. The minimum Gasteiger partial charge on any atom is -0.363 e. The van der Waals surface area contributed by atoms with Gasteiger partial charge in [0.25, 0.3) is 0 Å². The average molecular weight is 279 g/mol. The third-order valence-corrected chi connectivity index (χ3v) is 3.59. The minimum absolute atomic E-state index is 0.0855. The number of hydrogen-bond acceptors (Lipinski definition) is 4. The standard InChI is InChI=1S/C14H21N3O3/c1-2-3-8-17(14(19)11-5-4-6-11)10-13(18)15-12-7-9-20-16-12/h7,9,11H,2-6,8,10H2,1H3,(H,15,16,18). The van der Waals surface area contributed by atoms with E-state index >= 15 is 0 Å². The van der Waals surface area contributed by atoms with Crippen molar-refractivity contribution in [1.29, 1.82) is 0 Å². The summed E-state index contributed by atoms with van der Waals surface area (Å²) in [6.45, 7) is 2.79. The molecule has 2 rings (SSSR count). The molecule has 1 aliphatic rings. The molecule has 0 saturated heterocycles. The summed E-state index contributed by atoms with van der Waals surface area (Å²) in [6.07, 6.45) is 6.32. The average Bonchev–Trinajstić information content (AvgIpc) is 2.84. The normalized spacial score (nSPS) is 14.7. The van der Waals surface area contributed by atoms with Gasteiger partial charge in [-0.1, -0.05) is 24.9 Å². The van der Waals surface area contributed by atoms with Gasteiger partial charge in [-0.15, -0.1) is 0 Å². The van der Waals surface area contributed by atoms with Crippen molar-refractivity contribution < 1.29 is 14.1 Å². The summed E-state index contributed by atoms with van der Waals surface area (Å²) in [5.74, 6) is 0.371. The number of amides is 2. The molecule has 1 heterocycles. The Bertz CT molecular complexity index is 441. The zero-order valence-corrected chi connectivity index (χ0v) is 11.8. The number of rotatable bonds is 7. The highest BCUT2D eigenvalue weighted by molar-refractivity contribution is 5.94. The highest BCUT2D eigenvalue weighted by Crippen LogP contribution is 2.28. The lowest BCUT2D eigenvalue weighted by molar-refractivity contribution is -0.140. The second kappa shape index (κ2) is 7.07. The predicted octanol–water partition coefficient (Wildman–Crippen LogP) is 2.04. The van der Waals surface area contributed by atoms with Crippen LogP contribution in [-0.2, 0) is 9.59 Å². The van der Waals surface area contributed by atoms with Crippen LogP contribution < -0.4 is 5.32 Å². The highest BCUT2D eigenvalue weighted by Gasteiger charge is 2.30. The molecule has 1 aromatic rings. The van der Waals surface area contributed by atoms with Gasteiger partial charge in [-0.3, -0.25) is 9.59 Å². The van der Waals surface area contributed by atoms with Crippen molar-refractivity contribution in [3.63, 3.8) is 0 Å². The van der Waals surface area contributed by atoms with Crippen LogP contribution >= 0.6 is 0 Å². The van der Waals surface area contributed by atoms with Crippen molar-refractivity contribution in [3.8, 4) is 0 Å². The van der Waals surface area contributed by atoms with E-state index in [4.69, 9.17) is 0 Å².